The van der Waals surface area contributed by atoms with Crippen molar-refractivity contribution >= 4 is 34.9 Å². The van der Waals surface area contributed by atoms with E-state index in [2.05, 4.69) is 0 Å². The molecule has 0 bridgehead atoms. The second kappa shape index (κ2) is 4.22. The van der Waals surface area contributed by atoms with Gasteiger partial charge in [-0.1, -0.05) is 23.5 Å². The highest BCUT2D eigenvalue weighted by Crippen LogP contribution is 2.49. The zero-order valence-corrected chi connectivity index (χ0v) is 10.8. The van der Waals surface area contributed by atoms with Gasteiger partial charge in [-0.2, -0.15) is 0 Å². The Bertz CT molecular complexity index is 659. The van der Waals surface area contributed by atoms with Crippen LogP contribution in [0.25, 0.3) is 0 Å². The molecule has 18 heavy (non-hydrogen) atoms. The van der Waals surface area contributed by atoms with Gasteiger partial charge in [-0.3, -0.25) is 10.1 Å². The maximum Gasteiger partial charge on any atom is 0.270 e. The number of anilines is 1. The molecule has 0 radical (unpaired) electrons. The van der Waals surface area contributed by atoms with Crippen LogP contribution in [-0.2, 0) is 0 Å². The SMILES string of the molecule is Nc1ccc2c(c1)Sc1ccc([N+](=O)[O-])cc1S2. The van der Waals surface area contributed by atoms with Gasteiger partial charge in [0.1, 0.15) is 0 Å². The smallest absolute Gasteiger partial charge is 0.270 e. The molecular formula is C12H8N2O2S2. The van der Waals surface area contributed by atoms with E-state index in [1.807, 2.05) is 18.2 Å². The summed E-state index contributed by atoms with van der Waals surface area (Å²) in [6.45, 7) is 0. The van der Waals surface area contributed by atoms with Crippen molar-refractivity contribution in [3.8, 4) is 0 Å². The van der Waals surface area contributed by atoms with E-state index in [0.29, 0.717) is 0 Å². The van der Waals surface area contributed by atoms with E-state index < -0.39 is 0 Å². The lowest BCUT2D eigenvalue weighted by molar-refractivity contribution is -0.385. The Morgan fingerprint density at radius 2 is 1.56 bits per heavy atom. The fraction of sp³-hybridized carbons (Fsp3) is 0. The standard InChI is InChI=1S/C12H8N2O2S2/c13-7-1-3-9-11(5-7)17-10-4-2-8(14(15)16)6-12(10)18-9/h1-6H,13H2. The molecule has 0 aromatic heterocycles. The maximum absolute atomic E-state index is 10.7. The molecule has 0 saturated heterocycles. The van der Waals surface area contributed by atoms with E-state index >= 15 is 0 Å². The first kappa shape index (κ1) is 11.4. The number of nitrogen functional groups attached to an aromatic ring is 1. The van der Waals surface area contributed by atoms with Crippen molar-refractivity contribution in [2.24, 2.45) is 0 Å². The highest BCUT2D eigenvalue weighted by molar-refractivity contribution is 8.05. The summed E-state index contributed by atoms with van der Waals surface area (Å²) in [7, 11) is 0. The lowest BCUT2D eigenvalue weighted by atomic mass is 10.3. The monoisotopic (exact) mass is 276 g/mol. The lowest BCUT2D eigenvalue weighted by Gasteiger charge is -2.17. The van der Waals surface area contributed by atoms with Crippen molar-refractivity contribution in [3.05, 3.63) is 46.5 Å². The van der Waals surface area contributed by atoms with Crippen LogP contribution in [0, 0.1) is 10.1 Å². The average molecular weight is 276 g/mol. The minimum Gasteiger partial charge on any atom is -0.399 e. The molecule has 0 fully saturated rings. The quantitative estimate of drug-likeness (QED) is 0.416. The van der Waals surface area contributed by atoms with Crippen molar-refractivity contribution in [1.29, 1.82) is 0 Å². The van der Waals surface area contributed by atoms with Crippen molar-refractivity contribution in [1.82, 2.24) is 0 Å². The van der Waals surface area contributed by atoms with Crippen LogP contribution in [0.3, 0.4) is 0 Å². The summed E-state index contributed by atoms with van der Waals surface area (Å²) in [6.07, 6.45) is 0. The molecule has 1 heterocycles. The number of hydrogen-bond donors (Lipinski definition) is 1. The second-order valence-electron chi connectivity index (χ2n) is 3.80. The van der Waals surface area contributed by atoms with Gasteiger partial charge in [0, 0.05) is 37.4 Å². The Morgan fingerprint density at radius 1 is 0.944 bits per heavy atom. The number of nitrogens with two attached hydrogens (primary N) is 1. The summed E-state index contributed by atoms with van der Waals surface area (Å²) in [5.41, 5.74) is 6.61. The van der Waals surface area contributed by atoms with Crippen LogP contribution in [0.1, 0.15) is 0 Å². The first-order valence-electron chi connectivity index (χ1n) is 5.17. The second-order valence-corrected chi connectivity index (χ2v) is 5.97. The fourth-order valence-corrected chi connectivity index (χ4v) is 3.98. The predicted octanol–water partition coefficient (Wildman–Crippen LogP) is 3.79. The van der Waals surface area contributed by atoms with Crippen molar-refractivity contribution < 1.29 is 4.92 Å². The number of non-ortho nitro benzene ring substituents is 1. The number of nitro benzene ring substituents is 1. The van der Waals surface area contributed by atoms with Gasteiger partial charge in [-0.25, -0.2) is 0 Å². The molecule has 1 aliphatic heterocycles. The number of benzene rings is 2. The van der Waals surface area contributed by atoms with E-state index in [0.717, 1.165) is 25.3 Å². The van der Waals surface area contributed by atoms with Crippen molar-refractivity contribution in [2.75, 3.05) is 5.73 Å². The Balaban J connectivity index is 2.05. The van der Waals surface area contributed by atoms with Crippen molar-refractivity contribution in [2.45, 2.75) is 19.6 Å². The largest absolute Gasteiger partial charge is 0.399 e. The number of nitro groups is 1. The number of hydrogen-bond acceptors (Lipinski definition) is 5. The fourth-order valence-electron chi connectivity index (χ4n) is 1.70. The minimum absolute atomic E-state index is 0.126. The molecule has 0 saturated carbocycles. The van der Waals surface area contributed by atoms with E-state index in [-0.39, 0.29) is 10.6 Å². The average Bonchev–Trinajstić information content (AvgIpc) is 2.35. The Hall–Kier alpha value is -1.66. The van der Waals surface area contributed by atoms with Gasteiger partial charge < -0.3 is 5.73 Å². The molecule has 6 heteroatoms. The normalized spacial score (nSPS) is 12.7. The number of rotatable bonds is 1. The predicted molar refractivity (Wildman–Crippen MR) is 72.2 cm³/mol. The van der Waals surface area contributed by atoms with Gasteiger partial charge in [0.05, 0.1) is 4.92 Å². The summed E-state index contributed by atoms with van der Waals surface area (Å²) in [5, 5.41) is 10.7. The van der Waals surface area contributed by atoms with Gasteiger partial charge in [-0.15, -0.1) is 0 Å². The zero-order chi connectivity index (χ0) is 12.7. The number of fused-ring (bicyclic) bond motifs is 2. The summed E-state index contributed by atoms with van der Waals surface area (Å²) in [6, 6.07) is 10.7. The van der Waals surface area contributed by atoms with Crippen molar-refractivity contribution in [3.63, 3.8) is 0 Å². The molecule has 3 rings (SSSR count). The number of nitrogens with zero attached hydrogens (tertiary/aromatic N) is 1. The first-order valence-corrected chi connectivity index (χ1v) is 6.80. The third kappa shape index (κ3) is 1.93. The third-order valence-electron chi connectivity index (χ3n) is 2.55. The molecular weight excluding hydrogens is 268 g/mol. The molecule has 90 valence electrons. The molecule has 0 spiro atoms. The zero-order valence-electron chi connectivity index (χ0n) is 9.12. The van der Waals surface area contributed by atoms with Gasteiger partial charge in [0.2, 0.25) is 0 Å². The van der Waals surface area contributed by atoms with Gasteiger partial charge in [0.15, 0.2) is 0 Å². The van der Waals surface area contributed by atoms with Crippen LogP contribution in [0.5, 0.6) is 0 Å². The van der Waals surface area contributed by atoms with Gasteiger partial charge in [-0.05, 0) is 24.3 Å². The first-order chi connectivity index (χ1) is 8.63. The molecule has 2 aromatic carbocycles. The van der Waals surface area contributed by atoms with E-state index in [9.17, 15) is 10.1 Å². The molecule has 1 aliphatic rings. The molecule has 0 atom stereocenters. The Morgan fingerprint density at radius 3 is 2.22 bits per heavy atom. The molecule has 0 aliphatic carbocycles. The maximum atomic E-state index is 10.7. The summed E-state index contributed by atoms with van der Waals surface area (Å²) in [5.74, 6) is 0. The van der Waals surface area contributed by atoms with Gasteiger partial charge >= 0.3 is 0 Å². The highest BCUT2D eigenvalue weighted by atomic mass is 32.2. The van der Waals surface area contributed by atoms with Gasteiger partial charge in [0.25, 0.3) is 5.69 Å². The molecule has 2 N–H and O–H groups in total. The van der Waals surface area contributed by atoms with Crippen LogP contribution in [-0.4, -0.2) is 4.92 Å². The van der Waals surface area contributed by atoms with Crippen LogP contribution in [0.15, 0.2) is 56.0 Å². The minimum atomic E-state index is -0.371. The Labute approximate surface area is 112 Å². The molecule has 0 amide bonds. The van der Waals surface area contributed by atoms with E-state index in [1.54, 1.807) is 35.7 Å². The van der Waals surface area contributed by atoms with Crippen LogP contribution in [0.2, 0.25) is 0 Å². The van der Waals surface area contributed by atoms with Crippen LogP contribution >= 0.6 is 23.5 Å². The summed E-state index contributed by atoms with van der Waals surface area (Å²) < 4.78 is 0. The topological polar surface area (TPSA) is 69.2 Å². The molecule has 2 aromatic rings. The molecule has 0 unspecified atom stereocenters. The summed E-state index contributed by atoms with van der Waals surface area (Å²) in [4.78, 5) is 14.5. The highest BCUT2D eigenvalue weighted by Gasteiger charge is 2.19. The lowest BCUT2D eigenvalue weighted by Crippen LogP contribution is -1.94. The van der Waals surface area contributed by atoms with E-state index in [4.69, 9.17) is 5.73 Å². The van der Waals surface area contributed by atoms with E-state index in [1.165, 1.54) is 6.07 Å². The summed E-state index contributed by atoms with van der Waals surface area (Å²) >= 11 is 3.14. The van der Waals surface area contributed by atoms with Crippen LogP contribution < -0.4 is 5.73 Å². The van der Waals surface area contributed by atoms with Crippen LogP contribution in [0.4, 0.5) is 11.4 Å². The third-order valence-corrected chi connectivity index (χ3v) is 5.07. The molecule has 4 nitrogen and oxygen atoms in total. The Kier molecular flexibility index (Phi) is 2.68.